The van der Waals surface area contributed by atoms with Crippen LogP contribution in [0.3, 0.4) is 0 Å². The number of amides is 1. The van der Waals surface area contributed by atoms with E-state index in [0.29, 0.717) is 58.4 Å². The maximum absolute atomic E-state index is 14.5. The highest BCUT2D eigenvalue weighted by Gasteiger charge is 2.31. The fourth-order valence-electron chi connectivity index (χ4n) is 4.10. The number of halogens is 5. The third-order valence-corrected chi connectivity index (χ3v) is 6.34. The highest BCUT2D eigenvalue weighted by atomic mass is 35.5. The van der Waals surface area contributed by atoms with Gasteiger partial charge in [0, 0.05) is 18.0 Å². The second kappa shape index (κ2) is 8.59. The van der Waals surface area contributed by atoms with E-state index in [1.165, 1.54) is 12.1 Å². The number of aromatic nitrogens is 2. The molecule has 1 heterocycles. The zero-order valence-corrected chi connectivity index (χ0v) is 17.7. The topological polar surface area (TPSA) is 72.9 Å². The molecule has 0 unspecified atom stereocenters. The summed E-state index contributed by atoms with van der Waals surface area (Å²) in [6, 6.07) is 7.29. The molecule has 3 N–H and O–H groups in total. The smallest absolute Gasteiger partial charge is 0.251 e. The minimum atomic E-state index is -2.37. The summed E-state index contributed by atoms with van der Waals surface area (Å²) in [6.07, 6.45) is -0.725. The number of primary amides is 1. The molecule has 0 radical (unpaired) electrons. The monoisotopic (exact) mass is 470 g/mol. The summed E-state index contributed by atoms with van der Waals surface area (Å²) in [6.45, 7) is 0. The third kappa shape index (κ3) is 4.19. The number of anilines is 2. The average molecular weight is 471 g/mol. The molecule has 0 aliphatic heterocycles. The van der Waals surface area contributed by atoms with Gasteiger partial charge in [-0.15, -0.1) is 0 Å². The zero-order valence-electron chi connectivity index (χ0n) is 16.2. The second-order valence-corrected chi connectivity index (χ2v) is 8.43. The molecular formula is C21H19Cl2F3N4O. The van der Waals surface area contributed by atoms with Crippen LogP contribution in [0.4, 0.5) is 24.8 Å². The summed E-state index contributed by atoms with van der Waals surface area (Å²) < 4.78 is 42.5. The van der Waals surface area contributed by atoms with Crippen LogP contribution >= 0.6 is 23.2 Å². The highest BCUT2D eigenvalue weighted by molar-refractivity contribution is 6.39. The lowest BCUT2D eigenvalue weighted by atomic mass is 9.86. The van der Waals surface area contributed by atoms with Gasteiger partial charge in [-0.25, -0.2) is 18.2 Å². The van der Waals surface area contributed by atoms with Gasteiger partial charge in [0.2, 0.25) is 12.4 Å². The van der Waals surface area contributed by atoms with Gasteiger partial charge in [-0.05, 0) is 43.9 Å². The summed E-state index contributed by atoms with van der Waals surface area (Å²) in [5.74, 6) is -2.01. The van der Waals surface area contributed by atoms with Crippen molar-refractivity contribution < 1.29 is 18.0 Å². The Morgan fingerprint density at radius 3 is 2.39 bits per heavy atom. The molecule has 1 aliphatic rings. The molecule has 0 saturated heterocycles. The van der Waals surface area contributed by atoms with Crippen LogP contribution in [0.15, 0.2) is 30.3 Å². The van der Waals surface area contributed by atoms with Crippen LogP contribution in [0.25, 0.3) is 11.0 Å². The SMILES string of the molecule is NC(=O)c1cc2nc(Nc3c(Cl)cccc3Cl)n(C3CCC(C(F)F)CC3)c2cc1F. The Morgan fingerprint density at radius 1 is 1.16 bits per heavy atom. The number of hydrogen-bond donors (Lipinski definition) is 2. The largest absolute Gasteiger partial charge is 0.366 e. The number of nitrogens with zero attached hydrogens (tertiary/aromatic N) is 2. The fraction of sp³-hybridized carbons (Fsp3) is 0.333. The Morgan fingerprint density at radius 2 is 1.81 bits per heavy atom. The van der Waals surface area contributed by atoms with Gasteiger partial charge < -0.3 is 15.6 Å². The molecular weight excluding hydrogens is 452 g/mol. The van der Waals surface area contributed by atoms with Crippen molar-refractivity contribution in [2.45, 2.75) is 38.2 Å². The van der Waals surface area contributed by atoms with Crippen molar-refractivity contribution in [2.24, 2.45) is 11.7 Å². The van der Waals surface area contributed by atoms with E-state index in [9.17, 15) is 18.0 Å². The number of benzene rings is 2. The summed E-state index contributed by atoms with van der Waals surface area (Å²) in [5, 5.41) is 3.81. The molecule has 10 heteroatoms. The first-order valence-corrected chi connectivity index (χ1v) is 10.5. The number of para-hydroxylation sites is 1. The van der Waals surface area contributed by atoms with Gasteiger partial charge in [0.25, 0.3) is 5.91 Å². The van der Waals surface area contributed by atoms with Crippen LogP contribution in [0.5, 0.6) is 0 Å². The van der Waals surface area contributed by atoms with Crippen LogP contribution in [0, 0.1) is 11.7 Å². The minimum absolute atomic E-state index is 0.192. The number of nitrogens with one attached hydrogen (secondary N) is 1. The maximum atomic E-state index is 14.5. The Labute approximate surface area is 186 Å². The number of rotatable bonds is 5. The van der Waals surface area contributed by atoms with E-state index < -0.39 is 24.1 Å². The van der Waals surface area contributed by atoms with E-state index in [-0.39, 0.29) is 11.6 Å². The molecule has 3 aromatic rings. The van der Waals surface area contributed by atoms with Crippen molar-refractivity contribution in [3.63, 3.8) is 0 Å². The van der Waals surface area contributed by atoms with Crippen LogP contribution in [-0.4, -0.2) is 21.9 Å². The van der Waals surface area contributed by atoms with Gasteiger partial charge in [0.1, 0.15) is 5.82 Å². The Bertz CT molecular complexity index is 1120. The molecule has 4 rings (SSSR count). The molecule has 0 atom stereocenters. The van der Waals surface area contributed by atoms with Crippen LogP contribution in [-0.2, 0) is 0 Å². The van der Waals surface area contributed by atoms with Crippen LogP contribution in [0.2, 0.25) is 10.0 Å². The Kier molecular flexibility index (Phi) is 6.03. The quantitative estimate of drug-likeness (QED) is 0.457. The van der Waals surface area contributed by atoms with Gasteiger partial charge in [-0.1, -0.05) is 29.3 Å². The van der Waals surface area contributed by atoms with Crippen LogP contribution in [0.1, 0.15) is 42.1 Å². The molecule has 0 spiro atoms. The number of carbonyl (C=O) groups excluding carboxylic acids is 1. The van der Waals surface area contributed by atoms with Gasteiger partial charge in [-0.2, -0.15) is 0 Å². The number of carbonyl (C=O) groups is 1. The highest BCUT2D eigenvalue weighted by Crippen LogP contribution is 2.41. The molecule has 2 aromatic carbocycles. The van der Waals surface area contributed by atoms with Crippen molar-refractivity contribution in [2.75, 3.05) is 5.32 Å². The number of alkyl halides is 2. The predicted molar refractivity (Wildman–Crippen MR) is 115 cm³/mol. The van der Waals surface area contributed by atoms with Gasteiger partial charge >= 0.3 is 0 Å². The second-order valence-electron chi connectivity index (χ2n) is 7.62. The number of hydrogen-bond acceptors (Lipinski definition) is 3. The minimum Gasteiger partial charge on any atom is -0.366 e. The van der Waals surface area contributed by atoms with Gasteiger partial charge in [0.05, 0.1) is 32.3 Å². The van der Waals surface area contributed by atoms with E-state index >= 15 is 0 Å². The van der Waals surface area contributed by atoms with E-state index in [1.54, 1.807) is 22.8 Å². The molecule has 31 heavy (non-hydrogen) atoms. The normalized spacial score (nSPS) is 19.2. The third-order valence-electron chi connectivity index (χ3n) is 5.71. The van der Waals surface area contributed by atoms with Crippen molar-refractivity contribution in [1.29, 1.82) is 0 Å². The lowest BCUT2D eigenvalue weighted by molar-refractivity contribution is 0.0483. The zero-order chi connectivity index (χ0) is 22.3. The van der Waals surface area contributed by atoms with E-state index in [0.717, 1.165) is 0 Å². The lowest BCUT2D eigenvalue weighted by Gasteiger charge is -2.30. The molecule has 1 saturated carbocycles. The summed E-state index contributed by atoms with van der Waals surface area (Å²) >= 11 is 12.5. The summed E-state index contributed by atoms with van der Waals surface area (Å²) in [7, 11) is 0. The van der Waals surface area contributed by atoms with Gasteiger partial charge in [0.15, 0.2) is 0 Å². The van der Waals surface area contributed by atoms with Crippen molar-refractivity contribution >= 4 is 51.8 Å². The van der Waals surface area contributed by atoms with Crippen LogP contribution < -0.4 is 11.1 Å². The van der Waals surface area contributed by atoms with E-state index in [1.807, 2.05) is 0 Å². The summed E-state index contributed by atoms with van der Waals surface area (Å²) in [5.41, 5.74) is 6.17. The van der Waals surface area contributed by atoms with Crippen molar-refractivity contribution in [3.05, 3.63) is 51.8 Å². The molecule has 1 aromatic heterocycles. The Balaban J connectivity index is 1.82. The molecule has 1 amide bonds. The lowest BCUT2D eigenvalue weighted by Crippen LogP contribution is -2.23. The maximum Gasteiger partial charge on any atom is 0.251 e. The van der Waals surface area contributed by atoms with E-state index in [2.05, 4.69) is 10.3 Å². The first-order chi connectivity index (χ1) is 14.8. The standard InChI is InChI=1S/C21H19Cl2F3N4O/c22-13-2-1-3-14(23)18(13)29-21-28-16-8-12(20(27)31)15(24)9-17(16)30(21)11-6-4-10(5-7-11)19(25)26/h1-3,8-11,19H,4-7H2,(H2,27,31)(H,28,29). The molecule has 164 valence electrons. The molecule has 0 bridgehead atoms. The molecule has 5 nitrogen and oxygen atoms in total. The average Bonchev–Trinajstić information content (AvgIpc) is 3.07. The Hall–Kier alpha value is -2.45. The van der Waals surface area contributed by atoms with E-state index in [4.69, 9.17) is 28.9 Å². The molecule has 1 fully saturated rings. The van der Waals surface area contributed by atoms with Gasteiger partial charge in [-0.3, -0.25) is 4.79 Å². The predicted octanol–water partition coefficient (Wildman–Crippen LogP) is 6.32. The number of imidazole rings is 1. The summed E-state index contributed by atoms with van der Waals surface area (Å²) in [4.78, 5) is 16.1. The van der Waals surface area contributed by atoms with Crippen molar-refractivity contribution in [1.82, 2.24) is 9.55 Å². The number of fused-ring (bicyclic) bond motifs is 1. The first kappa shape index (κ1) is 21.8. The van der Waals surface area contributed by atoms with Crippen molar-refractivity contribution in [3.8, 4) is 0 Å². The first-order valence-electron chi connectivity index (χ1n) is 9.76. The number of nitrogens with two attached hydrogens (primary N) is 1. The fourth-order valence-corrected chi connectivity index (χ4v) is 4.60. The molecule has 1 aliphatic carbocycles.